The predicted octanol–water partition coefficient (Wildman–Crippen LogP) is 4.85. The SMILES string of the molecule is CC1(C)C(/C=C/C(=C/C=C2/N(CCCS(=O)(=O)O)c3ccc4c(S(=O)(=O)O)cc(S(=O)(=O)O)cc4c3C2(C)C)c2ccc(C(=O)ON3C(=O)CCC3=O)cn2)=[N+](CCCS(=O)(=O)O)c2ccc3c(S(=O)(=O)O)cc(S(=O)(=O)O)cc3c21. The highest BCUT2D eigenvalue weighted by Gasteiger charge is 2.47. The quantitative estimate of drug-likeness (QED) is 0.0295. The lowest BCUT2D eigenvalue weighted by atomic mass is 9.79. The molecule has 5 aromatic rings. The Morgan fingerprint density at radius 1 is 0.654 bits per heavy atom. The molecule has 3 aliphatic rings. The zero-order chi connectivity index (χ0) is 60.0. The number of rotatable bonds is 18. The number of aromatic nitrogens is 1. The fourth-order valence-corrected chi connectivity index (χ4v) is 14.0. The number of allylic oxidation sites excluding steroid dienone is 6. The van der Waals surface area contributed by atoms with E-state index < -0.39 is 120 Å². The molecule has 1 fully saturated rings. The molecular formula is C49H49N4O22S6+. The van der Waals surface area contributed by atoms with Crippen LogP contribution < -0.4 is 4.90 Å². The van der Waals surface area contributed by atoms with Crippen molar-refractivity contribution in [3.8, 4) is 0 Å². The predicted molar refractivity (Wildman–Crippen MR) is 288 cm³/mol. The third-order valence-corrected chi connectivity index (χ3v) is 18.9. The van der Waals surface area contributed by atoms with Crippen LogP contribution in [0.4, 0.5) is 11.4 Å². The van der Waals surface area contributed by atoms with Gasteiger partial charge in [-0.25, -0.2) is 4.79 Å². The van der Waals surface area contributed by atoms with Gasteiger partial charge < -0.3 is 9.74 Å². The molecule has 26 nitrogen and oxygen atoms in total. The van der Waals surface area contributed by atoms with E-state index in [9.17, 15) is 92.2 Å². The van der Waals surface area contributed by atoms with Gasteiger partial charge in [-0.15, -0.1) is 5.06 Å². The summed E-state index contributed by atoms with van der Waals surface area (Å²) < 4.78 is 211. The standard InChI is InChI=1S/C49H48N4O22S6/c1-48(2)41(51(19-5-21-76(57,58)59)37-13-10-32-34(45(37)48)23-30(78(63,64)65)25-39(32)80(69,70)71)15-8-28(36-12-7-29(27-50-36)47(56)75-53-43(54)17-18-44(53)55)9-16-42-49(3,4)46-35-24-31(79(66,67)68)26-40(81(72,73)74)33(35)11-14-38(46)52(42)20-6-22-77(60,61)62/h7-16,23-27H,5-6,17-22H2,1-4H3,(H5-,57,58,59,60,61,62,63,64,65,66,67,68,69,70,71,72,73,74)/p+1. The maximum absolute atomic E-state index is 13.2. The summed E-state index contributed by atoms with van der Waals surface area (Å²) in [5.74, 6) is -4.16. The Bertz CT molecular complexity index is 4420. The zero-order valence-electron chi connectivity index (χ0n) is 42.8. The Morgan fingerprint density at radius 2 is 1.19 bits per heavy atom. The van der Waals surface area contributed by atoms with Crippen LogP contribution in [-0.2, 0) is 86.0 Å². The Kier molecular flexibility index (Phi) is 15.6. The van der Waals surface area contributed by atoms with Crippen LogP contribution in [0.1, 0.15) is 80.6 Å². The Morgan fingerprint density at radius 3 is 1.69 bits per heavy atom. The molecule has 0 radical (unpaired) electrons. The first-order chi connectivity index (χ1) is 37.2. The van der Waals surface area contributed by atoms with Crippen molar-refractivity contribution < 1.29 is 102 Å². The number of pyridine rings is 1. The van der Waals surface area contributed by atoms with Crippen LogP contribution in [0.15, 0.2) is 116 Å². The fraction of sp³-hybridized carbons (Fsp3) is 0.286. The molecular weight excluding hydrogens is 1190 g/mol. The summed E-state index contributed by atoms with van der Waals surface area (Å²) in [7, 11) is -29.7. The van der Waals surface area contributed by atoms with Gasteiger partial charge in [0.1, 0.15) is 16.3 Å². The van der Waals surface area contributed by atoms with Crippen LogP contribution in [0.5, 0.6) is 0 Å². The van der Waals surface area contributed by atoms with Gasteiger partial charge in [0.15, 0.2) is 5.71 Å². The lowest BCUT2D eigenvalue weighted by molar-refractivity contribution is -0.437. The molecule has 32 heteroatoms. The van der Waals surface area contributed by atoms with E-state index in [-0.39, 0.29) is 99.6 Å². The summed E-state index contributed by atoms with van der Waals surface area (Å²) in [6.45, 7) is 6.18. The average molecular weight is 1240 g/mol. The Balaban J connectivity index is 1.37. The summed E-state index contributed by atoms with van der Waals surface area (Å²) in [4.78, 5) is 45.3. The van der Waals surface area contributed by atoms with E-state index in [4.69, 9.17) is 4.84 Å². The maximum atomic E-state index is 13.2. The largest absolute Gasteiger partial charge is 0.365 e. The van der Waals surface area contributed by atoms with Crippen molar-refractivity contribution in [3.05, 3.63) is 119 Å². The molecule has 6 N–H and O–H groups in total. The Labute approximate surface area is 464 Å². The molecule has 0 unspecified atom stereocenters. The van der Waals surface area contributed by atoms with Crippen molar-refractivity contribution in [2.24, 2.45) is 0 Å². The minimum absolute atomic E-state index is 0.0631. The van der Waals surface area contributed by atoms with Crippen molar-refractivity contribution in [2.75, 3.05) is 29.5 Å². The second-order valence-electron chi connectivity index (χ2n) is 20.0. The number of hydrogen-bond acceptors (Lipinski definition) is 18. The molecule has 8 rings (SSSR count). The van der Waals surface area contributed by atoms with Crippen molar-refractivity contribution in [1.82, 2.24) is 10.0 Å². The fourth-order valence-electron chi connectivity index (χ4n) is 10.3. The molecule has 0 bridgehead atoms. The smallest absolute Gasteiger partial charge is 0.344 e. The van der Waals surface area contributed by atoms with E-state index in [2.05, 4.69) is 4.98 Å². The van der Waals surface area contributed by atoms with Crippen LogP contribution in [0.3, 0.4) is 0 Å². The van der Waals surface area contributed by atoms with Gasteiger partial charge in [-0.1, -0.05) is 26.0 Å². The molecule has 432 valence electrons. The van der Waals surface area contributed by atoms with Gasteiger partial charge in [-0.2, -0.15) is 55.1 Å². The molecule has 0 saturated carbocycles. The van der Waals surface area contributed by atoms with Gasteiger partial charge in [0.05, 0.1) is 38.0 Å². The number of carbonyl (C=O) groups excluding carboxylic acids is 3. The highest BCUT2D eigenvalue weighted by atomic mass is 32.2. The van der Waals surface area contributed by atoms with Crippen molar-refractivity contribution >= 4 is 123 Å². The van der Waals surface area contributed by atoms with Crippen molar-refractivity contribution in [1.29, 1.82) is 0 Å². The molecule has 2 amide bonds. The summed E-state index contributed by atoms with van der Waals surface area (Å²) in [6.07, 6.45) is 6.20. The third-order valence-electron chi connectivity index (χ3n) is 13.8. The minimum Gasteiger partial charge on any atom is -0.344 e. The van der Waals surface area contributed by atoms with Crippen LogP contribution in [-0.4, -0.2) is 141 Å². The summed E-state index contributed by atoms with van der Waals surface area (Å²) >= 11 is 0. The number of anilines is 1. The molecule has 3 aliphatic heterocycles. The van der Waals surface area contributed by atoms with Gasteiger partial charge >= 0.3 is 5.97 Å². The second kappa shape index (κ2) is 20.9. The number of nitrogens with zero attached hydrogens (tertiary/aromatic N) is 4. The lowest BCUT2D eigenvalue weighted by Crippen LogP contribution is -2.32. The number of imide groups is 1. The highest BCUT2D eigenvalue weighted by Crippen LogP contribution is 2.52. The number of benzene rings is 4. The van der Waals surface area contributed by atoms with E-state index >= 15 is 0 Å². The van der Waals surface area contributed by atoms with Crippen LogP contribution in [0.2, 0.25) is 0 Å². The van der Waals surface area contributed by atoms with Gasteiger partial charge in [-0.05, 0) is 97.3 Å². The van der Waals surface area contributed by atoms with Crippen LogP contribution in [0, 0.1) is 0 Å². The first kappa shape index (κ1) is 60.4. The third kappa shape index (κ3) is 12.3. The second-order valence-corrected chi connectivity index (χ2v) is 28.7. The molecule has 0 atom stereocenters. The first-order valence-electron chi connectivity index (χ1n) is 23.8. The lowest BCUT2D eigenvalue weighted by Gasteiger charge is -2.27. The van der Waals surface area contributed by atoms with Gasteiger partial charge in [0.2, 0.25) is 5.69 Å². The van der Waals surface area contributed by atoms with E-state index in [1.807, 2.05) is 0 Å². The molecule has 0 spiro atoms. The van der Waals surface area contributed by atoms with Crippen molar-refractivity contribution in [3.63, 3.8) is 0 Å². The highest BCUT2D eigenvalue weighted by molar-refractivity contribution is 7.87. The van der Waals surface area contributed by atoms with Gasteiger partial charge in [0, 0.05) is 82.9 Å². The topological polar surface area (TPSA) is 409 Å². The maximum Gasteiger partial charge on any atom is 0.365 e. The minimum atomic E-state index is -5.17. The molecule has 0 aliphatic carbocycles. The normalized spacial score (nSPS) is 17.6. The number of fused-ring (bicyclic) bond motifs is 6. The number of carbonyl (C=O) groups is 3. The zero-order valence-corrected chi connectivity index (χ0v) is 47.7. The average Bonchev–Trinajstić information content (AvgIpc) is 4.07. The molecule has 4 aromatic carbocycles. The number of hydroxylamine groups is 2. The summed E-state index contributed by atoms with van der Waals surface area (Å²) in [6, 6.07) is 11.1. The van der Waals surface area contributed by atoms with Crippen LogP contribution >= 0.6 is 0 Å². The monoisotopic (exact) mass is 1240 g/mol. The first-order valence-corrected chi connectivity index (χ1v) is 32.8. The number of hydrogen-bond donors (Lipinski definition) is 6. The van der Waals surface area contributed by atoms with Gasteiger partial charge in [0.25, 0.3) is 72.5 Å². The molecule has 4 heterocycles. The molecule has 81 heavy (non-hydrogen) atoms. The Hall–Kier alpha value is -6.69. The van der Waals surface area contributed by atoms with E-state index in [1.54, 1.807) is 37.2 Å². The summed E-state index contributed by atoms with van der Waals surface area (Å²) in [5.41, 5.74) is -1.19. The van der Waals surface area contributed by atoms with Crippen molar-refractivity contribution in [2.45, 2.75) is 83.8 Å². The van der Waals surface area contributed by atoms with Gasteiger partial charge in [-0.3, -0.25) is 41.9 Å². The van der Waals surface area contributed by atoms with E-state index in [1.165, 1.54) is 60.7 Å². The van der Waals surface area contributed by atoms with E-state index in [0.29, 0.717) is 28.6 Å². The van der Waals surface area contributed by atoms with E-state index in [0.717, 1.165) is 18.3 Å². The summed E-state index contributed by atoms with van der Waals surface area (Å²) in [5, 5.41) is -0.187. The molecule has 1 saturated heterocycles. The van der Waals surface area contributed by atoms with Crippen LogP contribution in [0.25, 0.3) is 27.1 Å². The number of amides is 2. The molecule has 1 aromatic heterocycles.